The normalized spacial score (nSPS) is 11.1. The number of carbonyl (C=O) groups is 1. The number of aromatic nitrogens is 2. The second-order valence-corrected chi connectivity index (χ2v) is 6.85. The number of nitrogens with one attached hydrogen (secondary N) is 1. The SMILES string of the molecule is NC(=O)c1c(N=Cc2ccc(O)cc2)n[nH]c1Cc1ccc(-c2ccccc2)cc1. The first-order valence-electron chi connectivity index (χ1n) is 9.44. The van der Waals surface area contributed by atoms with Crippen molar-refractivity contribution in [3.8, 4) is 16.9 Å². The molecule has 0 unspecified atom stereocenters. The first-order valence-corrected chi connectivity index (χ1v) is 9.44. The zero-order chi connectivity index (χ0) is 20.9. The minimum absolute atomic E-state index is 0.172. The van der Waals surface area contributed by atoms with Gasteiger partial charge in [-0.3, -0.25) is 9.89 Å². The number of aromatic hydroxyl groups is 1. The predicted octanol–water partition coefficient (Wildman–Crippen LogP) is 4.22. The van der Waals surface area contributed by atoms with Crippen molar-refractivity contribution in [1.29, 1.82) is 0 Å². The molecule has 6 heteroatoms. The summed E-state index contributed by atoms with van der Waals surface area (Å²) in [6.45, 7) is 0. The summed E-state index contributed by atoms with van der Waals surface area (Å²) in [5.74, 6) is -0.172. The van der Waals surface area contributed by atoms with Gasteiger partial charge in [-0.2, -0.15) is 5.10 Å². The minimum Gasteiger partial charge on any atom is -0.508 e. The van der Waals surface area contributed by atoms with Crippen LogP contribution >= 0.6 is 0 Å². The van der Waals surface area contributed by atoms with E-state index in [1.165, 1.54) is 0 Å². The maximum Gasteiger partial charge on any atom is 0.254 e. The number of aromatic amines is 1. The topological polar surface area (TPSA) is 104 Å². The third-order valence-corrected chi connectivity index (χ3v) is 4.74. The molecule has 4 rings (SSSR count). The first kappa shape index (κ1) is 19.1. The van der Waals surface area contributed by atoms with Crippen LogP contribution in [0.15, 0.2) is 83.9 Å². The molecule has 6 nitrogen and oxygen atoms in total. The van der Waals surface area contributed by atoms with Gasteiger partial charge in [-0.15, -0.1) is 0 Å². The monoisotopic (exact) mass is 396 g/mol. The van der Waals surface area contributed by atoms with E-state index < -0.39 is 5.91 Å². The molecular formula is C24H20N4O2. The number of hydrogen-bond acceptors (Lipinski definition) is 4. The number of nitrogens with two attached hydrogens (primary N) is 1. The summed E-state index contributed by atoms with van der Waals surface area (Å²) in [5.41, 5.74) is 10.6. The molecule has 0 aliphatic rings. The van der Waals surface area contributed by atoms with Crippen LogP contribution in [-0.4, -0.2) is 27.4 Å². The molecule has 0 saturated carbocycles. The molecule has 0 bridgehead atoms. The van der Waals surface area contributed by atoms with Crippen LogP contribution in [-0.2, 0) is 6.42 Å². The number of phenolic OH excluding ortho intramolecular Hbond substituents is 1. The van der Waals surface area contributed by atoms with Crippen molar-refractivity contribution in [2.45, 2.75) is 6.42 Å². The van der Waals surface area contributed by atoms with E-state index >= 15 is 0 Å². The molecule has 1 amide bonds. The number of H-pyrrole nitrogens is 1. The van der Waals surface area contributed by atoms with Gasteiger partial charge in [0.15, 0.2) is 5.82 Å². The Morgan fingerprint density at radius 1 is 0.967 bits per heavy atom. The lowest BCUT2D eigenvalue weighted by molar-refractivity contribution is 0.100. The molecule has 3 aromatic carbocycles. The van der Waals surface area contributed by atoms with Crippen LogP contribution in [0.4, 0.5) is 5.82 Å². The summed E-state index contributed by atoms with van der Waals surface area (Å²) in [7, 11) is 0. The first-order chi connectivity index (χ1) is 14.6. The van der Waals surface area contributed by atoms with Crippen LogP contribution in [0.3, 0.4) is 0 Å². The quantitative estimate of drug-likeness (QED) is 0.425. The second kappa shape index (κ2) is 8.45. The largest absolute Gasteiger partial charge is 0.508 e. The van der Waals surface area contributed by atoms with E-state index in [9.17, 15) is 9.90 Å². The molecule has 1 aromatic heterocycles. The molecular weight excluding hydrogens is 376 g/mol. The molecule has 0 spiro atoms. The van der Waals surface area contributed by atoms with Gasteiger partial charge in [-0.25, -0.2) is 4.99 Å². The molecule has 0 fully saturated rings. The van der Waals surface area contributed by atoms with E-state index in [0.29, 0.717) is 12.1 Å². The van der Waals surface area contributed by atoms with E-state index in [2.05, 4.69) is 39.5 Å². The minimum atomic E-state index is -0.586. The third-order valence-electron chi connectivity index (χ3n) is 4.74. The van der Waals surface area contributed by atoms with Crippen molar-refractivity contribution in [2.75, 3.05) is 0 Å². The summed E-state index contributed by atoms with van der Waals surface area (Å²) >= 11 is 0. The van der Waals surface area contributed by atoms with E-state index in [0.717, 1.165) is 22.3 Å². The second-order valence-electron chi connectivity index (χ2n) is 6.85. The van der Waals surface area contributed by atoms with Crippen LogP contribution in [0, 0.1) is 0 Å². The van der Waals surface area contributed by atoms with E-state index in [4.69, 9.17) is 5.73 Å². The third kappa shape index (κ3) is 4.28. The van der Waals surface area contributed by atoms with Gasteiger partial charge in [0.1, 0.15) is 11.3 Å². The van der Waals surface area contributed by atoms with Gasteiger partial charge >= 0.3 is 0 Å². The number of benzene rings is 3. The zero-order valence-corrected chi connectivity index (χ0v) is 16.1. The Balaban J connectivity index is 1.56. The molecule has 0 saturated heterocycles. The number of nitrogens with zero attached hydrogens (tertiary/aromatic N) is 2. The fourth-order valence-electron chi connectivity index (χ4n) is 3.19. The molecule has 1 heterocycles. The molecule has 30 heavy (non-hydrogen) atoms. The lowest BCUT2D eigenvalue weighted by Crippen LogP contribution is -2.13. The number of carbonyl (C=O) groups excluding carboxylic acids is 1. The molecule has 4 N–H and O–H groups in total. The highest BCUT2D eigenvalue weighted by Gasteiger charge is 2.18. The Labute approximate surface area is 173 Å². The van der Waals surface area contributed by atoms with Gasteiger partial charge in [0.2, 0.25) is 0 Å². The van der Waals surface area contributed by atoms with Gasteiger partial charge < -0.3 is 10.8 Å². The maximum absolute atomic E-state index is 12.0. The van der Waals surface area contributed by atoms with Crippen LogP contribution in [0.2, 0.25) is 0 Å². The molecule has 0 aliphatic heterocycles. The Kier molecular flexibility index (Phi) is 5.39. The molecule has 0 radical (unpaired) electrons. The van der Waals surface area contributed by atoms with E-state index in [1.807, 2.05) is 30.3 Å². The number of primary amides is 1. The fourth-order valence-corrected chi connectivity index (χ4v) is 3.19. The lowest BCUT2D eigenvalue weighted by Gasteiger charge is -2.05. The highest BCUT2D eigenvalue weighted by atomic mass is 16.3. The molecule has 148 valence electrons. The zero-order valence-electron chi connectivity index (χ0n) is 16.1. The Hall–Kier alpha value is -4.19. The van der Waals surface area contributed by atoms with Crippen LogP contribution in [0.1, 0.15) is 27.2 Å². The number of phenols is 1. The lowest BCUT2D eigenvalue weighted by atomic mass is 10.0. The Morgan fingerprint density at radius 2 is 1.63 bits per heavy atom. The summed E-state index contributed by atoms with van der Waals surface area (Å²) in [6.07, 6.45) is 2.05. The highest BCUT2D eigenvalue weighted by Crippen LogP contribution is 2.24. The molecule has 4 aromatic rings. The number of aliphatic imine (C=N–C) groups is 1. The van der Waals surface area contributed by atoms with Gasteiger partial charge in [-0.05, 0) is 46.5 Å². The average Bonchev–Trinajstić information content (AvgIpc) is 3.17. The maximum atomic E-state index is 12.0. The van der Waals surface area contributed by atoms with Crippen molar-refractivity contribution in [2.24, 2.45) is 10.7 Å². The number of hydrogen-bond donors (Lipinski definition) is 3. The summed E-state index contributed by atoms with van der Waals surface area (Å²) in [6, 6.07) is 24.8. The number of rotatable bonds is 6. The van der Waals surface area contributed by atoms with Gasteiger partial charge in [0.05, 0.1) is 5.69 Å². The smallest absolute Gasteiger partial charge is 0.254 e. The van der Waals surface area contributed by atoms with Gasteiger partial charge in [0, 0.05) is 12.6 Å². The number of amides is 1. The summed E-state index contributed by atoms with van der Waals surface area (Å²) in [5, 5.41) is 16.4. The van der Waals surface area contributed by atoms with Gasteiger partial charge in [0.25, 0.3) is 5.91 Å². The van der Waals surface area contributed by atoms with Crippen molar-refractivity contribution in [1.82, 2.24) is 10.2 Å². The van der Waals surface area contributed by atoms with Crippen molar-refractivity contribution in [3.05, 3.63) is 101 Å². The molecule has 0 aliphatic carbocycles. The summed E-state index contributed by atoms with van der Waals surface area (Å²) in [4.78, 5) is 16.3. The predicted molar refractivity (Wildman–Crippen MR) is 117 cm³/mol. The highest BCUT2D eigenvalue weighted by molar-refractivity contribution is 5.99. The van der Waals surface area contributed by atoms with Crippen molar-refractivity contribution < 1.29 is 9.90 Å². The van der Waals surface area contributed by atoms with Crippen LogP contribution < -0.4 is 5.73 Å². The van der Waals surface area contributed by atoms with Crippen LogP contribution in [0.5, 0.6) is 5.75 Å². The Morgan fingerprint density at radius 3 is 2.30 bits per heavy atom. The fraction of sp³-hybridized carbons (Fsp3) is 0.0417. The Bertz CT molecular complexity index is 1180. The van der Waals surface area contributed by atoms with Gasteiger partial charge in [-0.1, -0.05) is 54.6 Å². The van der Waals surface area contributed by atoms with E-state index in [-0.39, 0.29) is 17.1 Å². The summed E-state index contributed by atoms with van der Waals surface area (Å²) < 4.78 is 0. The van der Waals surface area contributed by atoms with Crippen LogP contribution in [0.25, 0.3) is 11.1 Å². The standard InChI is InChI=1S/C24H20N4O2/c25-23(30)22-21(27-28-24(22)26-15-17-8-12-20(29)13-9-17)14-16-6-10-19(11-7-16)18-4-2-1-3-5-18/h1-13,15,29H,14H2,(H2,25,30)(H,27,28). The van der Waals surface area contributed by atoms with Crippen molar-refractivity contribution in [3.63, 3.8) is 0 Å². The van der Waals surface area contributed by atoms with Crippen molar-refractivity contribution >= 4 is 17.9 Å². The molecule has 0 atom stereocenters. The van der Waals surface area contributed by atoms with E-state index in [1.54, 1.807) is 30.5 Å². The average molecular weight is 396 g/mol.